The highest BCUT2D eigenvalue weighted by atomic mass is 16.3. The molecule has 0 aromatic heterocycles. The lowest BCUT2D eigenvalue weighted by Gasteiger charge is -2.41. The molecule has 0 aromatic rings. The molecule has 4 unspecified atom stereocenters. The number of hydrogen-bond donors (Lipinski definition) is 1. The van der Waals surface area contributed by atoms with E-state index in [1.165, 1.54) is 13.0 Å². The van der Waals surface area contributed by atoms with Gasteiger partial charge in [0.25, 0.3) is 0 Å². The third kappa shape index (κ3) is 4.06. The number of rotatable bonds is 5. The minimum absolute atomic E-state index is 0.0880. The van der Waals surface area contributed by atoms with Crippen molar-refractivity contribution in [3.63, 3.8) is 0 Å². The van der Waals surface area contributed by atoms with Crippen LogP contribution in [0.2, 0.25) is 0 Å². The molecule has 1 aliphatic rings. The van der Waals surface area contributed by atoms with Crippen LogP contribution in [0, 0.1) is 11.8 Å². The lowest BCUT2D eigenvalue weighted by Crippen LogP contribution is -2.46. The average Bonchev–Trinajstić information content (AvgIpc) is 2.24. The van der Waals surface area contributed by atoms with Gasteiger partial charge in [-0.25, -0.2) is 0 Å². The first-order chi connectivity index (χ1) is 7.54. The first-order valence-corrected chi connectivity index (χ1v) is 6.96. The summed E-state index contributed by atoms with van der Waals surface area (Å²) >= 11 is 0. The molecule has 16 heavy (non-hydrogen) atoms. The summed E-state index contributed by atoms with van der Waals surface area (Å²) in [5, 5.41) is 9.54. The summed E-state index contributed by atoms with van der Waals surface area (Å²) in [6.45, 7) is 11.5. The summed E-state index contributed by atoms with van der Waals surface area (Å²) in [5.41, 5.74) is 0. The zero-order valence-corrected chi connectivity index (χ0v) is 11.4. The smallest absolute Gasteiger partial charge is 0.0538 e. The number of aliphatic hydroxyl groups excluding tert-OH is 1. The Morgan fingerprint density at radius 2 is 2.00 bits per heavy atom. The zero-order chi connectivity index (χ0) is 12.1. The molecule has 0 amide bonds. The van der Waals surface area contributed by atoms with Gasteiger partial charge in [0.2, 0.25) is 0 Å². The van der Waals surface area contributed by atoms with E-state index in [-0.39, 0.29) is 6.10 Å². The fourth-order valence-electron chi connectivity index (χ4n) is 2.86. The largest absolute Gasteiger partial charge is 0.393 e. The van der Waals surface area contributed by atoms with Crippen LogP contribution in [0.3, 0.4) is 0 Å². The highest BCUT2D eigenvalue weighted by Crippen LogP contribution is 2.27. The van der Waals surface area contributed by atoms with E-state index < -0.39 is 0 Å². The first kappa shape index (κ1) is 14.0. The van der Waals surface area contributed by atoms with Crippen LogP contribution in [-0.2, 0) is 0 Å². The average molecular weight is 227 g/mol. The Kier molecular flexibility index (Phi) is 5.77. The van der Waals surface area contributed by atoms with Gasteiger partial charge in [0.1, 0.15) is 0 Å². The molecule has 1 fully saturated rings. The number of aliphatic hydroxyl groups is 1. The molecule has 1 aliphatic heterocycles. The molecule has 0 spiro atoms. The van der Waals surface area contributed by atoms with Gasteiger partial charge >= 0.3 is 0 Å². The predicted molar refractivity (Wildman–Crippen MR) is 69.5 cm³/mol. The second kappa shape index (κ2) is 6.61. The van der Waals surface area contributed by atoms with E-state index in [4.69, 9.17) is 0 Å². The molecule has 1 saturated heterocycles. The maximum atomic E-state index is 9.54. The topological polar surface area (TPSA) is 23.5 Å². The van der Waals surface area contributed by atoms with Crippen LogP contribution in [0.25, 0.3) is 0 Å². The summed E-state index contributed by atoms with van der Waals surface area (Å²) in [4.78, 5) is 2.61. The lowest BCUT2D eigenvalue weighted by atomic mass is 9.86. The zero-order valence-electron chi connectivity index (χ0n) is 11.4. The Morgan fingerprint density at radius 1 is 1.31 bits per heavy atom. The Labute approximate surface area is 101 Å². The molecule has 0 saturated carbocycles. The predicted octanol–water partition coefficient (Wildman–Crippen LogP) is 2.90. The van der Waals surface area contributed by atoms with Crippen molar-refractivity contribution < 1.29 is 5.11 Å². The van der Waals surface area contributed by atoms with Gasteiger partial charge in [0, 0.05) is 12.6 Å². The molecular formula is C14H29NO. The van der Waals surface area contributed by atoms with Gasteiger partial charge in [-0.1, -0.05) is 20.8 Å². The number of piperidine rings is 1. The molecule has 0 bridgehead atoms. The van der Waals surface area contributed by atoms with E-state index in [1.54, 1.807) is 0 Å². The van der Waals surface area contributed by atoms with Crippen molar-refractivity contribution in [1.29, 1.82) is 0 Å². The van der Waals surface area contributed by atoms with E-state index >= 15 is 0 Å². The number of hydrogen-bond acceptors (Lipinski definition) is 2. The molecule has 0 aromatic carbocycles. The Bertz CT molecular complexity index is 195. The maximum Gasteiger partial charge on any atom is 0.0538 e. The number of nitrogens with zero attached hydrogens (tertiary/aromatic N) is 1. The summed E-state index contributed by atoms with van der Waals surface area (Å²) < 4.78 is 0. The van der Waals surface area contributed by atoms with Crippen molar-refractivity contribution in [3.8, 4) is 0 Å². The lowest BCUT2D eigenvalue weighted by molar-refractivity contribution is 0.0717. The number of likely N-dealkylation sites (tertiary alicyclic amines) is 1. The highest BCUT2D eigenvalue weighted by molar-refractivity contribution is 4.81. The Balaban J connectivity index is 2.29. The molecular weight excluding hydrogens is 198 g/mol. The molecule has 1 N–H and O–H groups in total. The van der Waals surface area contributed by atoms with E-state index in [0.717, 1.165) is 43.7 Å². The molecule has 1 rings (SSSR count). The molecule has 4 atom stereocenters. The van der Waals surface area contributed by atoms with Crippen molar-refractivity contribution in [3.05, 3.63) is 0 Å². The van der Waals surface area contributed by atoms with E-state index in [9.17, 15) is 5.11 Å². The third-order valence-corrected chi connectivity index (χ3v) is 4.17. The SMILES string of the molecule is CCC(O)CCCN1CC(C)CC(C)C1C. The molecule has 2 heteroatoms. The Morgan fingerprint density at radius 3 is 2.62 bits per heavy atom. The minimum Gasteiger partial charge on any atom is -0.393 e. The van der Waals surface area contributed by atoms with Crippen molar-refractivity contribution >= 4 is 0 Å². The van der Waals surface area contributed by atoms with Crippen LogP contribution < -0.4 is 0 Å². The van der Waals surface area contributed by atoms with Crippen LogP contribution in [0.5, 0.6) is 0 Å². The molecule has 0 radical (unpaired) electrons. The summed E-state index contributed by atoms with van der Waals surface area (Å²) in [6, 6.07) is 0.718. The van der Waals surface area contributed by atoms with Crippen molar-refractivity contribution in [1.82, 2.24) is 4.90 Å². The van der Waals surface area contributed by atoms with Gasteiger partial charge in [-0.05, 0) is 51.0 Å². The van der Waals surface area contributed by atoms with Crippen molar-refractivity contribution in [2.45, 2.75) is 65.5 Å². The van der Waals surface area contributed by atoms with Crippen LogP contribution in [0.4, 0.5) is 0 Å². The molecule has 0 aliphatic carbocycles. The quantitative estimate of drug-likeness (QED) is 0.780. The summed E-state index contributed by atoms with van der Waals surface area (Å²) in [5.74, 6) is 1.65. The summed E-state index contributed by atoms with van der Waals surface area (Å²) in [6.07, 6.45) is 4.27. The van der Waals surface area contributed by atoms with Crippen molar-refractivity contribution in [2.24, 2.45) is 11.8 Å². The van der Waals surface area contributed by atoms with Crippen LogP contribution in [0.1, 0.15) is 53.4 Å². The fourth-order valence-corrected chi connectivity index (χ4v) is 2.86. The molecule has 96 valence electrons. The van der Waals surface area contributed by atoms with E-state index in [1.807, 2.05) is 0 Å². The van der Waals surface area contributed by atoms with Gasteiger partial charge in [0.05, 0.1) is 6.10 Å². The van der Waals surface area contributed by atoms with Crippen molar-refractivity contribution in [2.75, 3.05) is 13.1 Å². The molecule has 1 heterocycles. The monoisotopic (exact) mass is 227 g/mol. The minimum atomic E-state index is -0.0880. The van der Waals surface area contributed by atoms with Crippen LogP contribution >= 0.6 is 0 Å². The van der Waals surface area contributed by atoms with Crippen LogP contribution in [0.15, 0.2) is 0 Å². The van der Waals surface area contributed by atoms with E-state index in [2.05, 4.69) is 32.6 Å². The van der Waals surface area contributed by atoms with E-state index in [0.29, 0.717) is 0 Å². The fraction of sp³-hybridized carbons (Fsp3) is 1.00. The summed E-state index contributed by atoms with van der Waals surface area (Å²) in [7, 11) is 0. The second-order valence-corrected chi connectivity index (χ2v) is 5.76. The van der Waals surface area contributed by atoms with Gasteiger partial charge in [0.15, 0.2) is 0 Å². The standard InChI is InChI=1S/C14H29NO/c1-5-14(16)7-6-8-15-10-11(2)9-12(3)13(15)4/h11-14,16H,5-10H2,1-4H3. The van der Waals surface area contributed by atoms with Gasteiger partial charge in [-0.2, -0.15) is 0 Å². The third-order valence-electron chi connectivity index (χ3n) is 4.17. The maximum absolute atomic E-state index is 9.54. The second-order valence-electron chi connectivity index (χ2n) is 5.76. The van der Waals surface area contributed by atoms with Gasteiger partial charge in [-0.15, -0.1) is 0 Å². The highest BCUT2D eigenvalue weighted by Gasteiger charge is 2.28. The van der Waals surface area contributed by atoms with Crippen LogP contribution in [-0.4, -0.2) is 35.2 Å². The Hall–Kier alpha value is -0.0800. The first-order valence-electron chi connectivity index (χ1n) is 6.96. The van der Waals surface area contributed by atoms with Gasteiger partial charge < -0.3 is 10.0 Å². The normalized spacial score (nSPS) is 33.9. The molecule has 2 nitrogen and oxygen atoms in total. The van der Waals surface area contributed by atoms with Gasteiger partial charge in [-0.3, -0.25) is 0 Å².